The van der Waals surface area contributed by atoms with E-state index in [1.165, 1.54) is 0 Å². The summed E-state index contributed by atoms with van der Waals surface area (Å²) in [5.41, 5.74) is 2.69. The van der Waals surface area contributed by atoms with Crippen LogP contribution in [0.2, 0.25) is 0 Å². The molecule has 2 N–H and O–H groups in total. The van der Waals surface area contributed by atoms with Gasteiger partial charge in [0, 0.05) is 12.1 Å². The summed E-state index contributed by atoms with van der Waals surface area (Å²) in [7, 11) is 0. The third-order valence-electron chi connectivity index (χ3n) is 4.74. The summed E-state index contributed by atoms with van der Waals surface area (Å²) >= 11 is 0. The van der Waals surface area contributed by atoms with Crippen LogP contribution in [0.25, 0.3) is 0 Å². The molecule has 0 unspecified atom stereocenters. The lowest BCUT2D eigenvalue weighted by atomic mass is 9.83. The molecule has 0 radical (unpaired) electrons. The smallest absolute Gasteiger partial charge is 0.261 e. The Morgan fingerprint density at radius 3 is 1.96 bits per heavy atom. The van der Waals surface area contributed by atoms with Crippen molar-refractivity contribution in [1.29, 1.82) is 0 Å². The summed E-state index contributed by atoms with van der Waals surface area (Å²) in [5.74, 6) is -0.433. The van der Waals surface area contributed by atoms with Crippen LogP contribution >= 0.6 is 0 Å². The molecule has 3 aromatic carbocycles. The van der Waals surface area contributed by atoms with E-state index in [-0.39, 0.29) is 6.42 Å². The van der Waals surface area contributed by atoms with Gasteiger partial charge >= 0.3 is 0 Å². The molecule has 0 aliphatic rings. The lowest BCUT2D eigenvalue weighted by Crippen LogP contribution is -2.42. The van der Waals surface area contributed by atoms with Gasteiger partial charge in [-0.2, -0.15) is 0 Å². The lowest BCUT2D eigenvalue weighted by molar-refractivity contribution is -0.135. The number of benzene rings is 3. The van der Waals surface area contributed by atoms with Crippen molar-refractivity contribution < 1.29 is 9.90 Å². The van der Waals surface area contributed by atoms with Crippen LogP contribution in [0, 0.1) is 13.8 Å². The van der Waals surface area contributed by atoms with Crippen molar-refractivity contribution in [2.24, 2.45) is 0 Å². The monoisotopic (exact) mass is 345 g/mol. The molecule has 3 heteroatoms. The SMILES string of the molecule is Cc1cccc(C)c1C[C@@](O)(C(=O)Nc1ccccc1)c1ccccc1. The number of amides is 1. The quantitative estimate of drug-likeness (QED) is 0.721. The van der Waals surface area contributed by atoms with E-state index in [0.717, 1.165) is 16.7 Å². The number of nitrogens with one attached hydrogen (secondary N) is 1. The third-order valence-corrected chi connectivity index (χ3v) is 4.74. The van der Waals surface area contributed by atoms with Crippen LogP contribution in [-0.4, -0.2) is 11.0 Å². The van der Waals surface area contributed by atoms with Crippen molar-refractivity contribution in [1.82, 2.24) is 0 Å². The Bertz CT molecular complexity index is 870. The maximum absolute atomic E-state index is 13.1. The predicted octanol–water partition coefficient (Wildman–Crippen LogP) is 4.37. The summed E-state index contributed by atoms with van der Waals surface area (Å²) in [6.45, 7) is 4.01. The highest BCUT2D eigenvalue weighted by Gasteiger charge is 2.38. The van der Waals surface area contributed by atoms with Crippen LogP contribution in [0.15, 0.2) is 78.9 Å². The van der Waals surface area contributed by atoms with Crippen LogP contribution in [0.3, 0.4) is 0 Å². The average molecular weight is 345 g/mol. The first kappa shape index (κ1) is 17.9. The van der Waals surface area contributed by atoms with E-state index in [1.807, 2.05) is 80.6 Å². The number of hydrogen-bond donors (Lipinski definition) is 2. The second-order valence-corrected chi connectivity index (χ2v) is 6.59. The van der Waals surface area contributed by atoms with Crippen molar-refractivity contribution in [2.75, 3.05) is 5.32 Å². The van der Waals surface area contributed by atoms with Gasteiger partial charge in [0.2, 0.25) is 0 Å². The first-order valence-corrected chi connectivity index (χ1v) is 8.70. The normalized spacial score (nSPS) is 13.0. The first-order valence-electron chi connectivity index (χ1n) is 8.70. The zero-order valence-corrected chi connectivity index (χ0v) is 15.1. The maximum Gasteiger partial charge on any atom is 0.261 e. The van der Waals surface area contributed by atoms with E-state index >= 15 is 0 Å². The predicted molar refractivity (Wildman–Crippen MR) is 105 cm³/mol. The van der Waals surface area contributed by atoms with Gasteiger partial charge in [0.25, 0.3) is 5.91 Å². The van der Waals surface area contributed by atoms with Crippen molar-refractivity contribution >= 4 is 11.6 Å². The Balaban J connectivity index is 2.01. The highest BCUT2D eigenvalue weighted by Crippen LogP contribution is 2.30. The Morgan fingerprint density at radius 2 is 1.38 bits per heavy atom. The van der Waals surface area contributed by atoms with Crippen molar-refractivity contribution in [3.8, 4) is 0 Å². The fourth-order valence-corrected chi connectivity index (χ4v) is 3.17. The van der Waals surface area contributed by atoms with Gasteiger partial charge in [-0.15, -0.1) is 0 Å². The number of rotatable bonds is 5. The van der Waals surface area contributed by atoms with Crippen LogP contribution in [0.5, 0.6) is 0 Å². The largest absolute Gasteiger partial charge is 0.375 e. The molecule has 3 nitrogen and oxygen atoms in total. The minimum atomic E-state index is -1.66. The Kier molecular flexibility index (Phi) is 5.19. The van der Waals surface area contributed by atoms with Crippen LogP contribution in [0.4, 0.5) is 5.69 Å². The number of aliphatic hydroxyl groups is 1. The van der Waals surface area contributed by atoms with Gasteiger partial charge < -0.3 is 10.4 Å². The first-order chi connectivity index (χ1) is 12.5. The summed E-state index contributed by atoms with van der Waals surface area (Å²) in [4.78, 5) is 13.1. The fourth-order valence-electron chi connectivity index (χ4n) is 3.17. The zero-order chi connectivity index (χ0) is 18.6. The maximum atomic E-state index is 13.1. The number of carbonyl (C=O) groups is 1. The van der Waals surface area contributed by atoms with E-state index in [1.54, 1.807) is 12.1 Å². The molecule has 0 heterocycles. The molecule has 26 heavy (non-hydrogen) atoms. The number of hydrogen-bond acceptors (Lipinski definition) is 2. The van der Waals surface area contributed by atoms with E-state index in [0.29, 0.717) is 11.3 Å². The molecule has 1 amide bonds. The molecule has 3 rings (SSSR count). The van der Waals surface area contributed by atoms with Crippen LogP contribution in [0.1, 0.15) is 22.3 Å². The van der Waals surface area contributed by atoms with E-state index < -0.39 is 11.5 Å². The lowest BCUT2D eigenvalue weighted by Gasteiger charge is -2.29. The molecule has 0 aliphatic heterocycles. The van der Waals surface area contributed by atoms with Crippen LogP contribution in [-0.2, 0) is 16.8 Å². The molecule has 0 saturated carbocycles. The molecular formula is C23H23NO2. The molecule has 0 aliphatic carbocycles. The number of anilines is 1. The number of aryl methyl sites for hydroxylation is 2. The zero-order valence-electron chi connectivity index (χ0n) is 15.1. The van der Waals surface area contributed by atoms with Crippen molar-refractivity contribution in [3.05, 3.63) is 101 Å². The number of carbonyl (C=O) groups excluding carboxylic acids is 1. The second-order valence-electron chi connectivity index (χ2n) is 6.59. The Hall–Kier alpha value is -2.91. The van der Waals surface area contributed by atoms with Gasteiger partial charge in [-0.05, 0) is 48.2 Å². The van der Waals surface area contributed by atoms with E-state index in [2.05, 4.69) is 5.32 Å². The van der Waals surface area contributed by atoms with Crippen molar-refractivity contribution in [3.63, 3.8) is 0 Å². The molecule has 0 saturated heterocycles. The van der Waals surface area contributed by atoms with Gasteiger partial charge in [-0.1, -0.05) is 66.7 Å². The van der Waals surface area contributed by atoms with Crippen LogP contribution < -0.4 is 5.32 Å². The molecule has 3 aromatic rings. The standard InChI is InChI=1S/C23H23NO2/c1-17-10-9-11-18(2)21(17)16-23(26,19-12-5-3-6-13-19)22(25)24-20-14-7-4-8-15-20/h3-15,26H,16H2,1-2H3,(H,24,25)/t23-/m0/s1. The molecular weight excluding hydrogens is 322 g/mol. The molecule has 0 fully saturated rings. The Morgan fingerprint density at radius 1 is 0.846 bits per heavy atom. The van der Waals surface area contributed by atoms with Gasteiger partial charge in [-0.25, -0.2) is 0 Å². The highest BCUT2D eigenvalue weighted by molar-refractivity contribution is 5.98. The minimum absolute atomic E-state index is 0.216. The molecule has 0 aromatic heterocycles. The van der Waals surface area contributed by atoms with Gasteiger partial charge in [-0.3, -0.25) is 4.79 Å². The summed E-state index contributed by atoms with van der Waals surface area (Å²) in [6.07, 6.45) is 0.216. The molecule has 0 bridgehead atoms. The molecule has 1 atom stereocenters. The highest BCUT2D eigenvalue weighted by atomic mass is 16.3. The van der Waals surface area contributed by atoms with Crippen molar-refractivity contribution in [2.45, 2.75) is 25.9 Å². The second kappa shape index (κ2) is 7.54. The third kappa shape index (κ3) is 3.68. The van der Waals surface area contributed by atoms with Gasteiger partial charge in [0.05, 0.1) is 0 Å². The summed E-state index contributed by atoms with van der Waals surface area (Å²) in [6, 6.07) is 24.3. The van der Waals surface area contributed by atoms with Gasteiger partial charge in [0.1, 0.15) is 0 Å². The Labute approximate surface area is 154 Å². The fraction of sp³-hybridized carbons (Fsp3) is 0.174. The topological polar surface area (TPSA) is 49.3 Å². The van der Waals surface area contributed by atoms with E-state index in [4.69, 9.17) is 0 Å². The minimum Gasteiger partial charge on any atom is -0.375 e. The summed E-state index contributed by atoms with van der Waals surface area (Å²) in [5, 5.41) is 14.4. The average Bonchev–Trinajstić information content (AvgIpc) is 2.66. The number of para-hydroxylation sites is 1. The van der Waals surface area contributed by atoms with E-state index in [9.17, 15) is 9.90 Å². The molecule has 132 valence electrons. The summed E-state index contributed by atoms with van der Waals surface area (Å²) < 4.78 is 0. The molecule has 0 spiro atoms. The van der Waals surface area contributed by atoms with Gasteiger partial charge in [0.15, 0.2) is 5.60 Å².